The fourth-order valence-corrected chi connectivity index (χ4v) is 3.26. The highest BCUT2D eigenvalue weighted by Crippen LogP contribution is 2.26. The van der Waals surface area contributed by atoms with E-state index in [1.54, 1.807) is 0 Å². The first-order chi connectivity index (χ1) is 10.6. The number of carboxylic acids is 1. The minimum Gasteiger partial charge on any atom is -0.480 e. The molecule has 1 aliphatic heterocycles. The van der Waals surface area contributed by atoms with Crippen LogP contribution >= 0.6 is 0 Å². The largest absolute Gasteiger partial charge is 0.480 e. The summed E-state index contributed by atoms with van der Waals surface area (Å²) in [6.07, 6.45) is 4.10. The highest BCUT2D eigenvalue weighted by atomic mass is 16.4. The minimum atomic E-state index is -0.910. The summed E-state index contributed by atoms with van der Waals surface area (Å²) in [6, 6.07) is 7.06. The van der Waals surface area contributed by atoms with Gasteiger partial charge in [0, 0.05) is 30.2 Å². The summed E-state index contributed by atoms with van der Waals surface area (Å²) in [5.74, 6) is -1.08. The number of carbonyl (C=O) groups is 2. The van der Waals surface area contributed by atoms with Gasteiger partial charge in [-0.1, -0.05) is 18.2 Å². The molecule has 2 aromatic rings. The summed E-state index contributed by atoms with van der Waals surface area (Å²) in [6.45, 7) is 3.32. The van der Waals surface area contributed by atoms with Crippen LogP contribution in [-0.2, 0) is 11.3 Å². The Bertz CT molecular complexity index is 720. The van der Waals surface area contributed by atoms with Gasteiger partial charge in [0.2, 0.25) is 0 Å². The Morgan fingerprint density at radius 2 is 2.05 bits per heavy atom. The summed E-state index contributed by atoms with van der Waals surface area (Å²) in [4.78, 5) is 25.9. The predicted octanol–water partition coefficient (Wildman–Crippen LogP) is 2.74. The average Bonchev–Trinajstić information content (AvgIpc) is 2.93. The van der Waals surface area contributed by atoms with Crippen molar-refractivity contribution in [2.75, 3.05) is 6.54 Å². The summed E-state index contributed by atoms with van der Waals surface area (Å²) in [7, 11) is 0. The van der Waals surface area contributed by atoms with Gasteiger partial charge in [-0.15, -0.1) is 0 Å². The average molecular weight is 300 g/mol. The van der Waals surface area contributed by atoms with E-state index in [2.05, 4.69) is 0 Å². The zero-order chi connectivity index (χ0) is 15.7. The number of fused-ring (bicyclic) bond motifs is 1. The van der Waals surface area contributed by atoms with Crippen molar-refractivity contribution in [2.45, 2.75) is 38.8 Å². The van der Waals surface area contributed by atoms with Crippen molar-refractivity contribution in [3.63, 3.8) is 0 Å². The lowest BCUT2D eigenvalue weighted by Gasteiger charge is -2.32. The number of likely N-dealkylation sites (tertiary alicyclic amines) is 1. The van der Waals surface area contributed by atoms with E-state index in [0.717, 1.165) is 30.3 Å². The van der Waals surface area contributed by atoms with Gasteiger partial charge in [-0.05, 0) is 32.3 Å². The van der Waals surface area contributed by atoms with Crippen LogP contribution in [0.25, 0.3) is 10.9 Å². The van der Waals surface area contributed by atoms with Crippen molar-refractivity contribution in [1.29, 1.82) is 0 Å². The Morgan fingerprint density at radius 3 is 2.77 bits per heavy atom. The van der Waals surface area contributed by atoms with Crippen LogP contribution in [0.3, 0.4) is 0 Å². The summed E-state index contributed by atoms with van der Waals surface area (Å²) in [5.41, 5.74) is 1.61. The van der Waals surface area contributed by atoms with Crippen LogP contribution in [0.15, 0.2) is 30.5 Å². The molecule has 22 heavy (non-hydrogen) atoms. The molecule has 116 valence electrons. The van der Waals surface area contributed by atoms with E-state index in [0.29, 0.717) is 18.5 Å². The van der Waals surface area contributed by atoms with Crippen molar-refractivity contribution in [2.24, 2.45) is 0 Å². The van der Waals surface area contributed by atoms with Gasteiger partial charge < -0.3 is 14.6 Å². The van der Waals surface area contributed by atoms with Crippen molar-refractivity contribution in [3.05, 3.63) is 36.0 Å². The normalized spacial score (nSPS) is 18.6. The molecule has 0 aliphatic carbocycles. The number of aliphatic carboxylic acids is 1. The van der Waals surface area contributed by atoms with Gasteiger partial charge in [-0.25, -0.2) is 4.79 Å². The number of para-hydroxylation sites is 1. The standard InChI is InChI=1S/C17H20N2O3/c1-2-18-11-13(12-7-3-4-8-14(12)18)16(20)19-10-6-5-9-15(19)17(21)22/h3-4,7-8,11,15H,2,5-6,9-10H2,1H3,(H,21,22)/t15-/m0/s1. The van der Waals surface area contributed by atoms with Crippen LogP contribution in [0.2, 0.25) is 0 Å². The molecule has 0 spiro atoms. The van der Waals surface area contributed by atoms with E-state index in [-0.39, 0.29) is 5.91 Å². The second-order valence-electron chi connectivity index (χ2n) is 5.69. The maximum atomic E-state index is 12.9. The zero-order valence-corrected chi connectivity index (χ0v) is 12.7. The molecule has 1 saturated heterocycles. The number of carboxylic acid groups (broad SMARTS) is 1. The Morgan fingerprint density at radius 1 is 1.27 bits per heavy atom. The lowest BCUT2D eigenvalue weighted by atomic mass is 10.0. The van der Waals surface area contributed by atoms with Gasteiger partial charge in [-0.2, -0.15) is 0 Å². The Hall–Kier alpha value is -2.30. The molecular weight excluding hydrogens is 280 g/mol. The van der Waals surface area contributed by atoms with Crippen molar-refractivity contribution in [1.82, 2.24) is 9.47 Å². The lowest BCUT2D eigenvalue weighted by molar-refractivity contribution is -0.143. The third-order valence-electron chi connectivity index (χ3n) is 4.41. The number of rotatable bonds is 3. The van der Waals surface area contributed by atoms with Gasteiger partial charge in [0.05, 0.1) is 5.56 Å². The predicted molar refractivity (Wildman–Crippen MR) is 83.9 cm³/mol. The molecular formula is C17H20N2O3. The molecule has 1 aromatic carbocycles. The molecule has 0 unspecified atom stereocenters. The molecule has 1 amide bonds. The Labute approximate surface area is 129 Å². The summed E-state index contributed by atoms with van der Waals surface area (Å²) < 4.78 is 2.03. The molecule has 0 radical (unpaired) electrons. The van der Waals surface area contributed by atoms with Crippen LogP contribution in [0.4, 0.5) is 0 Å². The third-order valence-corrected chi connectivity index (χ3v) is 4.41. The monoisotopic (exact) mass is 300 g/mol. The molecule has 5 nitrogen and oxygen atoms in total. The molecule has 1 fully saturated rings. The Balaban J connectivity index is 2.03. The highest BCUT2D eigenvalue weighted by Gasteiger charge is 2.33. The SMILES string of the molecule is CCn1cc(C(=O)N2CCCC[C@H]2C(=O)O)c2ccccc21. The van der Waals surface area contributed by atoms with Gasteiger partial charge in [-0.3, -0.25) is 4.79 Å². The number of aryl methyl sites for hydroxylation is 1. The van der Waals surface area contributed by atoms with Gasteiger partial charge >= 0.3 is 5.97 Å². The summed E-state index contributed by atoms with van der Waals surface area (Å²) >= 11 is 0. The van der Waals surface area contributed by atoms with E-state index >= 15 is 0 Å². The number of carbonyl (C=O) groups excluding carboxylic acids is 1. The second-order valence-corrected chi connectivity index (χ2v) is 5.69. The van der Waals surface area contributed by atoms with Crippen LogP contribution in [-0.4, -0.2) is 39.0 Å². The van der Waals surface area contributed by atoms with Crippen LogP contribution in [0.5, 0.6) is 0 Å². The fraction of sp³-hybridized carbons (Fsp3) is 0.412. The smallest absolute Gasteiger partial charge is 0.326 e. The molecule has 1 N–H and O–H groups in total. The van der Waals surface area contributed by atoms with E-state index in [1.807, 2.05) is 42.0 Å². The lowest BCUT2D eigenvalue weighted by Crippen LogP contribution is -2.47. The number of benzene rings is 1. The van der Waals surface area contributed by atoms with E-state index in [9.17, 15) is 14.7 Å². The fourth-order valence-electron chi connectivity index (χ4n) is 3.26. The first-order valence-electron chi connectivity index (χ1n) is 7.75. The number of aromatic nitrogens is 1. The maximum Gasteiger partial charge on any atom is 0.326 e. The van der Waals surface area contributed by atoms with Gasteiger partial charge in [0.1, 0.15) is 6.04 Å². The van der Waals surface area contributed by atoms with Crippen molar-refractivity contribution in [3.8, 4) is 0 Å². The third kappa shape index (κ3) is 2.36. The highest BCUT2D eigenvalue weighted by molar-refractivity contribution is 6.08. The molecule has 2 heterocycles. The molecule has 3 rings (SSSR count). The van der Waals surface area contributed by atoms with E-state index in [4.69, 9.17) is 0 Å². The van der Waals surface area contributed by atoms with Crippen molar-refractivity contribution >= 4 is 22.8 Å². The number of piperidine rings is 1. The number of hydrogen-bond acceptors (Lipinski definition) is 2. The molecule has 0 bridgehead atoms. The summed E-state index contributed by atoms with van der Waals surface area (Å²) in [5, 5.41) is 10.3. The van der Waals surface area contributed by atoms with E-state index < -0.39 is 12.0 Å². The van der Waals surface area contributed by atoms with Gasteiger partial charge in [0.25, 0.3) is 5.91 Å². The quantitative estimate of drug-likeness (QED) is 0.948. The van der Waals surface area contributed by atoms with Crippen LogP contribution < -0.4 is 0 Å². The van der Waals surface area contributed by atoms with E-state index in [1.165, 1.54) is 4.90 Å². The number of nitrogens with zero attached hydrogens (tertiary/aromatic N) is 2. The van der Waals surface area contributed by atoms with Crippen LogP contribution in [0.1, 0.15) is 36.5 Å². The first kappa shape index (κ1) is 14.6. The van der Waals surface area contributed by atoms with Crippen molar-refractivity contribution < 1.29 is 14.7 Å². The van der Waals surface area contributed by atoms with Crippen LogP contribution in [0, 0.1) is 0 Å². The first-order valence-corrected chi connectivity index (χ1v) is 7.75. The topological polar surface area (TPSA) is 62.5 Å². The number of amides is 1. The second kappa shape index (κ2) is 5.83. The molecule has 5 heteroatoms. The zero-order valence-electron chi connectivity index (χ0n) is 12.7. The molecule has 0 saturated carbocycles. The molecule has 1 atom stereocenters. The van der Waals surface area contributed by atoms with Gasteiger partial charge in [0.15, 0.2) is 0 Å². The Kier molecular flexibility index (Phi) is 3.88. The maximum absolute atomic E-state index is 12.9. The number of hydrogen-bond donors (Lipinski definition) is 1. The minimum absolute atomic E-state index is 0.171. The molecule has 1 aromatic heterocycles. The molecule has 1 aliphatic rings.